The van der Waals surface area contributed by atoms with Gasteiger partial charge in [0.1, 0.15) is 30.4 Å². The fraction of sp³-hybridized carbons (Fsp3) is 0.656. The molecule has 4 heterocycles. The van der Waals surface area contributed by atoms with Crippen LogP contribution in [0.3, 0.4) is 0 Å². The molecule has 1 saturated carbocycles. The molecule has 0 radical (unpaired) electrons. The summed E-state index contributed by atoms with van der Waals surface area (Å²) in [5, 5.41) is 5.71. The summed E-state index contributed by atoms with van der Waals surface area (Å²) < 4.78 is 50.7. The summed E-state index contributed by atoms with van der Waals surface area (Å²) in [7, 11) is -1.65. The number of ether oxygens (including phenoxy) is 4. The van der Waals surface area contributed by atoms with Crippen LogP contribution in [0.4, 0.5) is 5.82 Å². The monoisotopic (exact) mass is 677 g/mol. The number of nitrogens with zero attached hydrogens (tertiary/aromatic N) is 5. The van der Waals surface area contributed by atoms with Crippen LogP contribution in [0.15, 0.2) is 30.5 Å². The number of aromatic nitrogens is 4. The Morgan fingerprint density at radius 1 is 1.09 bits per heavy atom. The standard InChI is InChI=1S/C32H45ClN5O7P/c1-6-42-46(39,43-7-2)19-22-12-11-13-23(16-22)41-18-25(40-5)26-29(45-31(3,4)44-26)38-28-24(17-34-38)27(35-30(33)36-28)37-20-32(21-37)14-9-8-10-15-32/h11-13,16-17,25-26,29H,6-10,14-15,18-21H2,1-5H3/t25-,26-,29-/m1/s1. The van der Waals surface area contributed by atoms with Crippen molar-refractivity contribution in [3.05, 3.63) is 41.3 Å². The molecule has 0 unspecified atom stereocenters. The molecule has 0 bridgehead atoms. The molecule has 3 aromatic rings. The summed E-state index contributed by atoms with van der Waals surface area (Å²) >= 11 is 6.51. The Morgan fingerprint density at radius 3 is 2.52 bits per heavy atom. The zero-order valence-electron chi connectivity index (χ0n) is 27.3. The molecular formula is C32H45ClN5O7P. The van der Waals surface area contributed by atoms with Gasteiger partial charge in [0.25, 0.3) is 0 Å². The second-order valence-corrected chi connectivity index (χ2v) is 15.3. The molecule has 2 aromatic heterocycles. The number of rotatable bonds is 13. The molecule has 1 aromatic carbocycles. The first-order chi connectivity index (χ1) is 22.1. The third-order valence-corrected chi connectivity index (χ3v) is 11.3. The zero-order chi connectivity index (χ0) is 32.5. The number of methoxy groups -OCH3 is 1. The molecule has 252 valence electrons. The van der Waals surface area contributed by atoms with Crippen LogP contribution >= 0.6 is 19.2 Å². The van der Waals surface area contributed by atoms with Gasteiger partial charge in [-0.2, -0.15) is 15.1 Å². The molecule has 12 nitrogen and oxygen atoms in total. The molecule has 1 spiro atoms. The van der Waals surface area contributed by atoms with E-state index >= 15 is 0 Å². The number of halogens is 1. The molecule has 0 amide bonds. The van der Waals surface area contributed by atoms with Crippen molar-refractivity contribution in [2.75, 3.05) is 44.9 Å². The second kappa shape index (κ2) is 13.7. The highest BCUT2D eigenvalue weighted by atomic mass is 35.5. The van der Waals surface area contributed by atoms with Gasteiger partial charge in [-0.15, -0.1) is 0 Å². The van der Waals surface area contributed by atoms with E-state index in [0.717, 1.165) is 29.9 Å². The summed E-state index contributed by atoms with van der Waals surface area (Å²) in [6, 6.07) is 7.39. The van der Waals surface area contributed by atoms with Crippen molar-refractivity contribution in [2.24, 2.45) is 5.41 Å². The van der Waals surface area contributed by atoms with Crippen molar-refractivity contribution >= 4 is 36.0 Å². The summed E-state index contributed by atoms with van der Waals surface area (Å²) in [5.41, 5.74) is 1.74. The van der Waals surface area contributed by atoms with Gasteiger partial charge in [-0.25, -0.2) is 4.68 Å². The zero-order valence-corrected chi connectivity index (χ0v) is 29.0. The Hall–Kier alpha value is -2.31. The first-order valence-corrected chi connectivity index (χ1v) is 18.3. The van der Waals surface area contributed by atoms with Crippen LogP contribution < -0.4 is 9.64 Å². The van der Waals surface area contributed by atoms with E-state index in [1.807, 2.05) is 38.1 Å². The van der Waals surface area contributed by atoms with Crippen molar-refractivity contribution in [1.29, 1.82) is 0 Å². The van der Waals surface area contributed by atoms with Crippen molar-refractivity contribution in [3.63, 3.8) is 0 Å². The Balaban J connectivity index is 1.20. The molecule has 2 aliphatic heterocycles. The lowest BCUT2D eigenvalue weighted by molar-refractivity contribution is -0.162. The van der Waals surface area contributed by atoms with Gasteiger partial charge in [0.05, 0.1) is 31.0 Å². The third-order valence-electron chi connectivity index (χ3n) is 9.03. The number of anilines is 1. The average molecular weight is 678 g/mol. The van der Waals surface area contributed by atoms with Crippen LogP contribution in [0.5, 0.6) is 5.75 Å². The normalized spacial score (nSPS) is 23.1. The van der Waals surface area contributed by atoms with Crippen LogP contribution in [0, 0.1) is 5.41 Å². The SMILES string of the molecule is CCOP(=O)(Cc1cccc(OC[C@@H](OC)[C@H]2OC(C)(C)O[C@H]2n2ncc3c(N4CC5(CCCCC5)C4)nc(Cl)nc32)c1)OCC. The maximum absolute atomic E-state index is 13.1. The lowest BCUT2D eigenvalue weighted by atomic mass is 9.68. The average Bonchev–Trinajstić information content (AvgIpc) is 3.56. The minimum absolute atomic E-state index is 0.145. The molecule has 6 rings (SSSR count). The predicted molar refractivity (Wildman–Crippen MR) is 174 cm³/mol. The highest BCUT2D eigenvalue weighted by molar-refractivity contribution is 7.53. The minimum Gasteiger partial charge on any atom is -0.491 e. The van der Waals surface area contributed by atoms with E-state index in [0.29, 0.717) is 30.0 Å². The number of fused-ring (bicyclic) bond motifs is 1. The highest BCUT2D eigenvalue weighted by Gasteiger charge is 2.49. The van der Waals surface area contributed by atoms with E-state index in [4.69, 9.17) is 44.7 Å². The van der Waals surface area contributed by atoms with E-state index in [1.54, 1.807) is 31.8 Å². The largest absolute Gasteiger partial charge is 0.491 e. The van der Waals surface area contributed by atoms with Gasteiger partial charge >= 0.3 is 7.60 Å². The Labute approximate surface area is 275 Å². The van der Waals surface area contributed by atoms with Crippen molar-refractivity contribution in [2.45, 2.75) is 90.2 Å². The maximum atomic E-state index is 13.1. The van der Waals surface area contributed by atoms with Crippen LogP contribution in [0.25, 0.3) is 11.0 Å². The van der Waals surface area contributed by atoms with E-state index in [1.165, 1.54) is 32.1 Å². The van der Waals surface area contributed by atoms with Gasteiger partial charge in [0, 0.05) is 25.6 Å². The van der Waals surface area contributed by atoms with Crippen LogP contribution in [-0.2, 0) is 34.0 Å². The summed E-state index contributed by atoms with van der Waals surface area (Å²) in [5.74, 6) is 0.471. The number of hydrogen-bond acceptors (Lipinski definition) is 11. The molecular weight excluding hydrogens is 633 g/mol. The molecule has 46 heavy (non-hydrogen) atoms. The van der Waals surface area contributed by atoms with E-state index in [9.17, 15) is 4.57 Å². The second-order valence-electron chi connectivity index (χ2n) is 12.9. The number of benzene rings is 1. The van der Waals surface area contributed by atoms with Crippen molar-refractivity contribution in [3.8, 4) is 5.75 Å². The fourth-order valence-corrected chi connectivity index (χ4v) is 8.87. The quantitative estimate of drug-likeness (QED) is 0.141. The predicted octanol–water partition coefficient (Wildman–Crippen LogP) is 6.76. The van der Waals surface area contributed by atoms with Crippen LogP contribution in [-0.4, -0.2) is 77.8 Å². The first kappa shape index (κ1) is 33.6. The van der Waals surface area contributed by atoms with E-state index in [2.05, 4.69) is 14.9 Å². The molecule has 14 heteroatoms. The fourth-order valence-electron chi connectivity index (χ4n) is 7.02. The van der Waals surface area contributed by atoms with Gasteiger partial charge in [-0.1, -0.05) is 31.4 Å². The number of hydrogen-bond donors (Lipinski definition) is 0. The smallest absolute Gasteiger partial charge is 0.335 e. The maximum Gasteiger partial charge on any atom is 0.335 e. The van der Waals surface area contributed by atoms with Gasteiger partial charge in [0.15, 0.2) is 17.7 Å². The van der Waals surface area contributed by atoms with Crippen LogP contribution in [0.2, 0.25) is 5.28 Å². The lowest BCUT2D eigenvalue weighted by Crippen LogP contribution is -2.57. The Kier molecular flexibility index (Phi) is 9.98. The van der Waals surface area contributed by atoms with Gasteiger partial charge in [-0.3, -0.25) is 4.57 Å². The summed E-state index contributed by atoms with van der Waals surface area (Å²) in [6.07, 6.45) is 6.57. The lowest BCUT2D eigenvalue weighted by Gasteiger charge is -2.53. The van der Waals surface area contributed by atoms with E-state index < -0.39 is 31.8 Å². The van der Waals surface area contributed by atoms with Gasteiger partial charge in [-0.05, 0) is 69.8 Å². The topological polar surface area (TPSA) is 119 Å². The highest BCUT2D eigenvalue weighted by Crippen LogP contribution is 2.51. The summed E-state index contributed by atoms with van der Waals surface area (Å²) in [4.78, 5) is 11.5. The van der Waals surface area contributed by atoms with E-state index in [-0.39, 0.29) is 18.1 Å². The van der Waals surface area contributed by atoms with Crippen molar-refractivity contribution < 1.29 is 32.6 Å². The molecule has 3 aliphatic rings. The first-order valence-electron chi connectivity index (χ1n) is 16.2. The van der Waals surface area contributed by atoms with Crippen LogP contribution in [0.1, 0.15) is 71.6 Å². The molecule has 3 atom stereocenters. The minimum atomic E-state index is -3.26. The third kappa shape index (κ3) is 7.09. The molecule has 0 N–H and O–H groups in total. The van der Waals surface area contributed by atoms with Crippen molar-refractivity contribution in [1.82, 2.24) is 19.7 Å². The Bertz CT molecular complexity index is 1550. The molecule has 1 aliphatic carbocycles. The Morgan fingerprint density at radius 2 is 1.83 bits per heavy atom. The van der Waals surface area contributed by atoms with Gasteiger partial charge < -0.3 is 32.9 Å². The van der Waals surface area contributed by atoms with Gasteiger partial charge in [0.2, 0.25) is 5.28 Å². The molecule has 3 fully saturated rings. The summed E-state index contributed by atoms with van der Waals surface area (Å²) in [6.45, 7) is 10.0. The molecule has 2 saturated heterocycles.